The van der Waals surface area contributed by atoms with Crippen molar-refractivity contribution in [2.45, 2.75) is 12.6 Å². The molecule has 2 atom stereocenters. The van der Waals surface area contributed by atoms with Gasteiger partial charge in [-0.2, -0.15) is 0 Å². The molecular weight excluding hydrogens is 282 g/mol. The summed E-state index contributed by atoms with van der Waals surface area (Å²) in [5.41, 5.74) is 7.36. The van der Waals surface area contributed by atoms with Gasteiger partial charge < -0.3 is 20.4 Å². The van der Waals surface area contributed by atoms with Crippen LogP contribution in [0.5, 0.6) is 5.75 Å². The highest BCUT2D eigenvalue weighted by Crippen LogP contribution is 2.22. The van der Waals surface area contributed by atoms with Gasteiger partial charge in [-0.15, -0.1) is 0 Å². The number of phenolic OH excluding ortho intramolecular Hbond substituents is 1. The molecule has 0 bridgehead atoms. The van der Waals surface area contributed by atoms with Gasteiger partial charge in [0.05, 0.1) is 0 Å². The first-order chi connectivity index (χ1) is 10.6. The molecule has 3 N–H and O–H groups in total. The second kappa shape index (κ2) is 7.38. The number of ether oxygens (including phenoxy) is 1. The Kier molecular flexibility index (Phi) is 5.27. The molecule has 0 aliphatic carbocycles. The summed E-state index contributed by atoms with van der Waals surface area (Å²) in [5.74, 6) is -1.67. The summed E-state index contributed by atoms with van der Waals surface area (Å²) < 4.78 is 5.15. The largest absolute Gasteiger partial charge is 0.508 e. The van der Waals surface area contributed by atoms with Crippen LogP contribution in [0.2, 0.25) is 0 Å². The number of phenols is 1. The number of carbonyl (C=O) groups is 2. The molecule has 114 valence electrons. The van der Waals surface area contributed by atoms with Crippen molar-refractivity contribution in [1.29, 1.82) is 0 Å². The van der Waals surface area contributed by atoms with E-state index in [-0.39, 0.29) is 12.4 Å². The van der Waals surface area contributed by atoms with Crippen LogP contribution in [-0.4, -0.2) is 17.4 Å². The highest BCUT2D eigenvalue weighted by molar-refractivity contribution is 5.88. The zero-order valence-electron chi connectivity index (χ0n) is 11.9. The topological polar surface area (TPSA) is 89.6 Å². The summed E-state index contributed by atoms with van der Waals surface area (Å²) in [6.07, 6.45) is 0.491. The summed E-state index contributed by atoms with van der Waals surface area (Å²) >= 11 is 0. The maximum Gasteiger partial charge on any atom is 0.318 e. The SMILES string of the molecule is NC(c1ccc(O)cc1)C(C=O)C(=O)OCc1ccccc1. The van der Waals surface area contributed by atoms with Crippen LogP contribution in [0.1, 0.15) is 17.2 Å². The fourth-order valence-electron chi connectivity index (χ4n) is 2.02. The minimum atomic E-state index is -1.09. The Balaban J connectivity index is 2.02. The van der Waals surface area contributed by atoms with Crippen molar-refractivity contribution >= 4 is 12.3 Å². The molecule has 2 aromatic rings. The summed E-state index contributed by atoms with van der Waals surface area (Å²) in [7, 11) is 0. The lowest BCUT2D eigenvalue weighted by Crippen LogP contribution is -2.31. The van der Waals surface area contributed by atoms with E-state index in [0.29, 0.717) is 11.8 Å². The van der Waals surface area contributed by atoms with Crippen molar-refractivity contribution in [2.24, 2.45) is 11.7 Å². The van der Waals surface area contributed by atoms with Crippen LogP contribution in [0, 0.1) is 5.92 Å². The van der Waals surface area contributed by atoms with Gasteiger partial charge in [-0.05, 0) is 23.3 Å². The molecule has 0 aromatic heterocycles. The number of esters is 1. The van der Waals surface area contributed by atoms with Crippen molar-refractivity contribution < 1.29 is 19.4 Å². The number of hydrogen-bond donors (Lipinski definition) is 2. The van der Waals surface area contributed by atoms with Crippen LogP contribution in [0.15, 0.2) is 54.6 Å². The van der Waals surface area contributed by atoms with E-state index in [9.17, 15) is 14.7 Å². The normalized spacial score (nSPS) is 13.1. The average Bonchev–Trinajstić information content (AvgIpc) is 2.55. The molecular formula is C17H17NO4. The fraction of sp³-hybridized carbons (Fsp3) is 0.176. The molecule has 0 aliphatic heterocycles. The molecule has 0 saturated heterocycles. The zero-order valence-corrected chi connectivity index (χ0v) is 11.9. The maximum absolute atomic E-state index is 12.0. The van der Waals surface area contributed by atoms with Gasteiger partial charge in [-0.25, -0.2) is 0 Å². The van der Waals surface area contributed by atoms with E-state index in [4.69, 9.17) is 10.5 Å². The minimum absolute atomic E-state index is 0.0882. The third kappa shape index (κ3) is 3.93. The van der Waals surface area contributed by atoms with Crippen molar-refractivity contribution in [3.05, 3.63) is 65.7 Å². The van der Waals surface area contributed by atoms with Gasteiger partial charge in [0, 0.05) is 6.04 Å². The summed E-state index contributed by atoms with van der Waals surface area (Å²) in [6.45, 7) is 0.0896. The fourth-order valence-corrected chi connectivity index (χ4v) is 2.02. The van der Waals surface area contributed by atoms with Crippen LogP contribution >= 0.6 is 0 Å². The molecule has 0 spiro atoms. The van der Waals surface area contributed by atoms with Crippen LogP contribution in [0.3, 0.4) is 0 Å². The first-order valence-electron chi connectivity index (χ1n) is 6.82. The monoisotopic (exact) mass is 299 g/mol. The highest BCUT2D eigenvalue weighted by atomic mass is 16.5. The lowest BCUT2D eigenvalue weighted by molar-refractivity contribution is -0.151. The van der Waals surface area contributed by atoms with Gasteiger partial charge in [-0.1, -0.05) is 42.5 Å². The molecule has 0 saturated carbocycles. The highest BCUT2D eigenvalue weighted by Gasteiger charge is 2.28. The third-order valence-electron chi connectivity index (χ3n) is 3.31. The molecule has 0 amide bonds. The first kappa shape index (κ1) is 15.7. The van der Waals surface area contributed by atoms with Crippen LogP contribution in [-0.2, 0) is 20.9 Å². The number of nitrogens with two attached hydrogens (primary N) is 1. The van der Waals surface area contributed by atoms with E-state index in [2.05, 4.69) is 0 Å². The molecule has 0 fully saturated rings. The number of aromatic hydroxyl groups is 1. The molecule has 2 rings (SSSR count). The molecule has 5 nitrogen and oxygen atoms in total. The van der Waals surface area contributed by atoms with E-state index in [1.165, 1.54) is 12.1 Å². The number of benzene rings is 2. The minimum Gasteiger partial charge on any atom is -0.508 e. The van der Waals surface area contributed by atoms with Gasteiger partial charge >= 0.3 is 5.97 Å². The zero-order chi connectivity index (χ0) is 15.9. The van der Waals surface area contributed by atoms with Gasteiger partial charge in [0.15, 0.2) is 0 Å². The van der Waals surface area contributed by atoms with E-state index >= 15 is 0 Å². The van der Waals surface area contributed by atoms with Crippen LogP contribution in [0.4, 0.5) is 0 Å². The van der Waals surface area contributed by atoms with Gasteiger partial charge in [0.1, 0.15) is 24.6 Å². The predicted molar refractivity (Wildman–Crippen MR) is 80.8 cm³/mol. The number of carbonyl (C=O) groups excluding carboxylic acids is 2. The quantitative estimate of drug-likeness (QED) is 0.483. The Hall–Kier alpha value is -2.66. The van der Waals surface area contributed by atoms with E-state index < -0.39 is 17.9 Å². The van der Waals surface area contributed by atoms with E-state index in [1.807, 2.05) is 30.3 Å². The molecule has 22 heavy (non-hydrogen) atoms. The Morgan fingerprint density at radius 3 is 2.36 bits per heavy atom. The lowest BCUT2D eigenvalue weighted by atomic mass is 9.95. The second-order valence-electron chi connectivity index (χ2n) is 4.87. The Morgan fingerprint density at radius 2 is 1.77 bits per heavy atom. The molecule has 0 radical (unpaired) electrons. The molecule has 0 heterocycles. The van der Waals surface area contributed by atoms with Gasteiger partial charge in [0.25, 0.3) is 0 Å². The van der Waals surface area contributed by atoms with Crippen molar-refractivity contribution in [2.75, 3.05) is 0 Å². The van der Waals surface area contributed by atoms with Gasteiger partial charge in [0.2, 0.25) is 0 Å². The summed E-state index contributed by atoms with van der Waals surface area (Å²) in [6, 6.07) is 14.4. The Morgan fingerprint density at radius 1 is 1.14 bits per heavy atom. The van der Waals surface area contributed by atoms with E-state index in [1.54, 1.807) is 12.1 Å². The van der Waals surface area contributed by atoms with Crippen molar-refractivity contribution in [3.63, 3.8) is 0 Å². The lowest BCUT2D eigenvalue weighted by Gasteiger charge is -2.18. The predicted octanol–water partition coefficient (Wildman–Crippen LogP) is 1.95. The third-order valence-corrected chi connectivity index (χ3v) is 3.31. The smallest absolute Gasteiger partial charge is 0.318 e. The van der Waals surface area contributed by atoms with Crippen molar-refractivity contribution in [3.8, 4) is 5.75 Å². The molecule has 0 aliphatic rings. The first-order valence-corrected chi connectivity index (χ1v) is 6.82. The second-order valence-corrected chi connectivity index (χ2v) is 4.87. The van der Waals surface area contributed by atoms with E-state index in [0.717, 1.165) is 5.56 Å². The number of hydrogen-bond acceptors (Lipinski definition) is 5. The number of aldehydes is 1. The van der Waals surface area contributed by atoms with Crippen LogP contribution in [0.25, 0.3) is 0 Å². The molecule has 2 unspecified atom stereocenters. The maximum atomic E-state index is 12.0. The number of rotatable bonds is 6. The summed E-state index contributed by atoms with van der Waals surface area (Å²) in [4.78, 5) is 23.3. The summed E-state index contributed by atoms with van der Waals surface area (Å²) in [5, 5.41) is 9.25. The van der Waals surface area contributed by atoms with Crippen molar-refractivity contribution in [1.82, 2.24) is 0 Å². The van der Waals surface area contributed by atoms with Crippen LogP contribution < -0.4 is 5.73 Å². The standard InChI is InChI=1S/C17H17NO4/c18-16(13-6-8-14(20)9-7-13)15(10-19)17(21)22-11-12-4-2-1-3-5-12/h1-10,15-16,20H,11,18H2. The Labute approximate surface area is 128 Å². The van der Waals surface area contributed by atoms with Gasteiger partial charge in [-0.3, -0.25) is 4.79 Å². The molecule has 2 aromatic carbocycles. The Bertz CT molecular complexity index is 625. The molecule has 5 heteroatoms. The average molecular weight is 299 g/mol.